The number of benzene rings is 1. The van der Waals surface area contributed by atoms with Crippen LogP contribution in [0.25, 0.3) is 0 Å². The lowest BCUT2D eigenvalue weighted by molar-refractivity contribution is -0.126. The maximum atomic E-state index is 12.9. The molecule has 140 valence electrons. The molecule has 7 heteroatoms. The zero-order chi connectivity index (χ0) is 18.5. The molecule has 3 amide bonds. The van der Waals surface area contributed by atoms with Crippen LogP contribution in [0.5, 0.6) is 5.75 Å². The van der Waals surface area contributed by atoms with E-state index in [1.807, 2.05) is 38.1 Å². The molecule has 1 aromatic carbocycles. The van der Waals surface area contributed by atoms with E-state index in [2.05, 4.69) is 10.6 Å². The SMILES string of the molecule is CCOCCCN1CC2=C(C1=O)[C@@H](c1ccc(OCC)cc1)NC(=O)N2. The van der Waals surface area contributed by atoms with E-state index < -0.39 is 6.04 Å². The normalized spacial score (nSPS) is 19.3. The molecule has 1 atom stereocenters. The van der Waals surface area contributed by atoms with Gasteiger partial charge in [0.05, 0.1) is 30.5 Å². The van der Waals surface area contributed by atoms with Crippen molar-refractivity contribution in [3.8, 4) is 5.75 Å². The van der Waals surface area contributed by atoms with Crippen LogP contribution in [0.1, 0.15) is 31.9 Å². The average molecular weight is 359 g/mol. The Balaban J connectivity index is 1.75. The van der Waals surface area contributed by atoms with E-state index >= 15 is 0 Å². The van der Waals surface area contributed by atoms with Crippen LogP contribution in [0, 0.1) is 0 Å². The molecule has 2 heterocycles. The van der Waals surface area contributed by atoms with Crippen molar-refractivity contribution in [1.82, 2.24) is 15.5 Å². The number of amides is 3. The van der Waals surface area contributed by atoms with Crippen LogP contribution >= 0.6 is 0 Å². The third-order valence-electron chi connectivity index (χ3n) is 4.47. The van der Waals surface area contributed by atoms with Gasteiger partial charge in [-0.25, -0.2) is 4.79 Å². The minimum absolute atomic E-state index is 0.0390. The molecule has 0 aromatic heterocycles. The molecule has 7 nitrogen and oxygen atoms in total. The topological polar surface area (TPSA) is 79.9 Å². The van der Waals surface area contributed by atoms with Crippen LogP contribution in [0.4, 0.5) is 4.79 Å². The highest BCUT2D eigenvalue weighted by Gasteiger charge is 2.40. The number of carbonyl (C=O) groups is 2. The Kier molecular flexibility index (Phi) is 5.78. The molecule has 1 aromatic rings. The highest BCUT2D eigenvalue weighted by Crippen LogP contribution is 2.33. The van der Waals surface area contributed by atoms with Crippen LogP contribution < -0.4 is 15.4 Å². The molecule has 26 heavy (non-hydrogen) atoms. The first-order chi connectivity index (χ1) is 12.6. The maximum Gasteiger partial charge on any atom is 0.319 e. The number of rotatable bonds is 8. The summed E-state index contributed by atoms with van der Waals surface area (Å²) >= 11 is 0. The number of hydrogen-bond acceptors (Lipinski definition) is 4. The van der Waals surface area contributed by atoms with E-state index in [4.69, 9.17) is 9.47 Å². The third kappa shape index (κ3) is 3.83. The van der Waals surface area contributed by atoms with E-state index in [9.17, 15) is 9.59 Å². The molecule has 2 aliphatic heterocycles. The van der Waals surface area contributed by atoms with Crippen LogP contribution in [-0.2, 0) is 9.53 Å². The number of nitrogens with one attached hydrogen (secondary N) is 2. The van der Waals surface area contributed by atoms with E-state index in [0.717, 1.165) is 17.7 Å². The lowest BCUT2D eigenvalue weighted by Crippen LogP contribution is -2.44. The van der Waals surface area contributed by atoms with Gasteiger partial charge in [0.2, 0.25) is 0 Å². The fraction of sp³-hybridized carbons (Fsp3) is 0.474. The molecule has 3 rings (SSSR count). The predicted molar refractivity (Wildman–Crippen MR) is 96.7 cm³/mol. The first-order valence-electron chi connectivity index (χ1n) is 9.04. The van der Waals surface area contributed by atoms with Gasteiger partial charge in [-0.3, -0.25) is 4.79 Å². The highest BCUT2D eigenvalue weighted by molar-refractivity contribution is 6.01. The molecule has 0 unspecified atom stereocenters. The lowest BCUT2D eigenvalue weighted by Gasteiger charge is -2.25. The maximum absolute atomic E-state index is 12.9. The predicted octanol–water partition coefficient (Wildman–Crippen LogP) is 1.96. The van der Waals surface area contributed by atoms with Gasteiger partial charge in [-0.05, 0) is 38.0 Å². The number of ether oxygens (including phenoxy) is 2. The van der Waals surface area contributed by atoms with E-state index in [-0.39, 0.29) is 11.9 Å². The number of carbonyl (C=O) groups excluding carboxylic acids is 2. The minimum atomic E-state index is -0.446. The summed E-state index contributed by atoms with van der Waals surface area (Å²) in [7, 11) is 0. The molecular formula is C19H25N3O4. The Morgan fingerprint density at radius 1 is 1.15 bits per heavy atom. The summed E-state index contributed by atoms with van der Waals surface area (Å²) in [5, 5.41) is 5.64. The minimum Gasteiger partial charge on any atom is -0.494 e. The van der Waals surface area contributed by atoms with Crippen molar-refractivity contribution < 1.29 is 19.1 Å². The monoisotopic (exact) mass is 359 g/mol. The van der Waals surface area contributed by atoms with Gasteiger partial charge in [-0.1, -0.05) is 12.1 Å². The zero-order valence-electron chi connectivity index (χ0n) is 15.2. The first kappa shape index (κ1) is 18.3. The lowest BCUT2D eigenvalue weighted by atomic mass is 9.96. The van der Waals surface area contributed by atoms with Crippen LogP contribution in [-0.4, -0.2) is 49.7 Å². The molecule has 0 saturated carbocycles. The van der Waals surface area contributed by atoms with Gasteiger partial charge in [0.1, 0.15) is 5.75 Å². The van der Waals surface area contributed by atoms with E-state index in [1.165, 1.54) is 0 Å². The average Bonchev–Trinajstić information content (AvgIpc) is 2.95. The largest absolute Gasteiger partial charge is 0.494 e. The Morgan fingerprint density at radius 3 is 2.62 bits per heavy atom. The van der Waals surface area contributed by atoms with Gasteiger partial charge in [0, 0.05) is 19.8 Å². The van der Waals surface area contributed by atoms with Crippen molar-refractivity contribution in [2.45, 2.75) is 26.3 Å². The summed E-state index contributed by atoms with van der Waals surface area (Å²) in [5.74, 6) is 0.726. The fourth-order valence-corrected chi connectivity index (χ4v) is 3.28. The molecule has 0 bridgehead atoms. The Bertz CT molecular complexity index is 699. The molecule has 0 saturated heterocycles. The van der Waals surface area contributed by atoms with Crippen molar-refractivity contribution in [3.63, 3.8) is 0 Å². The van der Waals surface area contributed by atoms with Crippen LogP contribution in [0.15, 0.2) is 35.5 Å². The summed E-state index contributed by atoms with van der Waals surface area (Å²) in [6.45, 7) is 6.80. The summed E-state index contributed by atoms with van der Waals surface area (Å²) < 4.78 is 10.8. The molecule has 0 spiro atoms. The molecule has 0 radical (unpaired) electrons. The quantitative estimate of drug-likeness (QED) is 0.696. The van der Waals surface area contributed by atoms with Gasteiger partial charge in [-0.2, -0.15) is 0 Å². The van der Waals surface area contributed by atoms with Gasteiger partial charge < -0.3 is 25.0 Å². The number of urea groups is 1. The second kappa shape index (κ2) is 8.23. The molecule has 0 aliphatic carbocycles. The van der Waals surface area contributed by atoms with Gasteiger partial charge >= 0.3 is 6.03 Å². The second-order valence-corrected chi connectivity index (χ2v) is 6.20. The highest BCUT2D eigenvalue weighted by atomic mass is 16.5. The smallest absolute Gasteiger partial charge is 0.319 e. The third-order valence-corrected chi connectivity index (χ3v) is 4.47. The van der Waals surface area contributed by atoms with Crippen molar-refractivity contribution >= 4 is 11.9 Å². The molecule has 2 aliphatic rings. The summed E-state index contributed by atoms with van der Waals surface area (Å²) in [6, 6.07) is 6.75. The van der Waals surface area contributed by atoms with Gasteiger partial charge in [0.25, 0.3) is 5.91 Å². The van der Waals surface area contributed by atoms with Crippen LogP contribution in [0.2, 0.25) is 0 Å². The second-order valence-electron chi connectivity index (χ2n) is 6.20. The number of hydrogen-bond donors (Lipinski definition) is 2. The zero-order valence-corrected chi connectivity index (χ0v) is 15.2. The van der Waals surface area contributed by atoms with E-state index in [1.54, 1.807) is 4.90 Å². The first-order valence-corrected chi connectivity index (χ1v) is 9.04. The van der Waals surface area contributed by atoms with Crippen molar-refractivity contribution in [2.24, 2.45) is 0 Å². The summed E-state index contributed by atoms with van der Waals surface area (Å²) in [5.41, 5.74) is 2.17. The Morgan fingerprint density at radius 2 is 1.92 bits per heavy atom. The molecular weight excluding hydrogens is 334 g/mol. The molecule has 0 fully saturated rings. The summed E-state index contributed by atoms with van der Waals surface area (Å²) in [6.07, 6.45) is 0.773. The van der Waals surface area contributed by atoms with Crippen LogP contribution in [0.3, 0.4) is 0 Å². The summed E-state index contributed by atoms with van der Waals surface area (Å²) in [4.78, 5) is 26.7. The Labute approximate surface area is 153 Å². The Hall–Kier alpha value is -2.54. The standard InChI is InChI=1S/C19H25N3O4/c1-3-25-11-5-10-22-12-15-16(18(22)23)17(21-19(24)20-15)13-6-8-14(9-7-13)26-4-2/h6-9,17H,3-5,10-12H2,1-2H3,(H2,20,21,24)/t17-/m1/s1. The molecule has 2 N–H and O–H groups in total. The fourth-order valence-electron chi connectivity index (χ4n) is 3.28. The van der Waals surface area contributed by atoms with Gasteiger partial charge in [-0.15, -0.1) is 0 Å². The van der Waals surface area contributed by atoms with Crippen molar-refractivity contribution in [1.29, 1.82) is 0 Å². The van der Waals surface area contributed by atoms with Crippen molar-refractivity contribution in [2.75, 3.05) is 32.9 Å². The van der Waals surface area contributed by atoms with E-state index in [0.29, 0.717) is 44.2 Å². The number of nitrogens with zero attached hydrogens (tertiary/aromatic N) is 1. The van der Waals surface area contributed by atoms with Crippen molar-refractivity contribution in [3.05, 3.63) is 41.1 Å². The van der Waals surface area contributed by atoms with Gasteiger partial charge in [0.15, 0.2) is 0 Å².